The number of allylic oxidation sites excluding steroid dienone is 1. The summed E-state index contributed by atoms with van der Waals surface area (Å²) < 4.78 is 0. The molecule has 110 valence electrons. The fourth-order valence-corrected chi connectivity index (χ4v) is 2.90. The molecule has 0 bridgehead atoms. The van der Waals surface area contributed by atoms with Gasteiger partial charge in [0, 0.05) is 12.7 Å². The van der Waals surface area contributed by atoms with Crippen molar-refractivity contribution < 1.29 is 0 Å². The van der Waals surface area contributed by atoms with Crippen LogP contribution in [-0.2, 0) is 6.42 Å². The highest BCUT2D eigenvalue weighted by Crippen LogP contribution is 2.25. The SMILES string of the molecule is C=C(CCCCc1ccc(C2CCNCC2)cc1)NC. The maximum atomic E-state index is 3.96. The van der Waals surface area contributed by atoms with Crippen LogP contribution in [0.25, 0.3) is 0 Å². The van der Waals surface area contributed by atoms with Gasteiger partial charge in [-0.2, -0.15) is 0 Å². The van der Waals surface area contributed by atoms with Gasteiger partial charge in [-0.15, -0.1) is 0 Å². The summed E-state index contributed by atoms with van der Waals surface area (Å²) in [6.45, 7) is 6.30. The molecule has 0 atom stereocenters. The van der Waals surface area contributed by atoms with Crippen molar-refractivity contribution >= 4 is 0 Å². The minimum Gasteiger partial charge on any atom is -0.392 e. The lowest BCUT2D eigenvalue weighted by Gasteiger charge is -2.23. The maximum absolute atomic E-state index is 3.96. The molecule has 0 spiro atoms. The second kappa shape index (κ2) is 8.11. The Morgan fingerprint density at radius 2 is 1.90 bits per heavy atom. The first-order chi connectivity index (χ1) is 9.79. The van der Waals surface area contributed by atoms with Crippen LogP contribution in [0.5, 0.6) is 0 Å². The van der Waals surface area contributed by atoms with Gasteiger partial charge in [-0.05, 0) is 68.7 Å². The Balaban J connectivity index is 1.75. The number of hydrogen-bond acceptors (Lipinski definition) is 2. The molecule has 1 aliphatic rings. The molecule has 1 aromatic rings. The van der Waals surface area contributed by atoms with Gasteiger partial charge in [0.25, 0.3) is 0 Å². The van der Waals surface area contributed by atoms with Crippen molar-refractivity contribution in [3.05, 3.63) is 47.7 Å². The molecule has 0 aliphatic carbocycles. The summed E-state index contributed by atoms with van der Waals surface area (Å²) in [7, 11) is 1.95. The molecule has 2 rings (SSSR count). The predicted molar refractivity (Wildman–Crippen MR) is 87.0 cm³/mol. The minimum absolute atomic E-state index is 0.768. The number of piperidine rings is 1. The molecule has 0 radical (unpaired) electrons. The molecule has 0 saturated carbocycles. The van der Waals surface area contributed by atoms with Crippen LogP contribution in [0.3, 0.4) is 0 Å². The summed E-state index contributed by atoms with van der Waals surface area (Å²) in [6, 6.07) is 9.34. The highest BCUT2D eigenvalue weighted by atomic mass is 14.9. The van der Waals surface area contributed by atoms with Crippen LogP contribution in [0.1, 0.15) is 49.1 Å². The summed E-state index contributed by atoms with van der Waals surface area (Å²) in [5.41, 5.74) is 4.14. The zero-order chi connectivity index (χ0) is 14.2. The molecule has 2 N–H and O–H groups in total. The average molecular weight is 272 g/mol. The first-order valence-electron chi connectivity index (χ1n) is 7.94. The second-order valence-electron chi connectivity index (χ2n) is 5.83. The minimum atomic E-state index is 0.768. The lowest BCUT2D eigenvalue weighted by molar-refractivity contribution is 0.460. The summed E-state index contributed by atoms with van der Waals surface area (Å²) >= 11 is 0. The largest absolute Gasteiger partial charge is 0.392 e. The third-order valence-corrected chi connectivity index (χ3v) is 4.34. The molecule has 20 heavy (non-hydrogen) atoms. The Hall–Kier alpha value is -1.28. The molecule has 1 aromatic carbocycles. The van der Waals surface area contributed by atoms with Crippen molar-refractivity contribution in [2.24, 2.45) is 0 Å². The predicted octanol–water partition coefficient (Wildman–Crippen LogP) is 3.60. The van der Waals surface area contributed by atoms with E-state index in [-0.39, 0.29) is 0 Å². The van der Waals surface area contributed by atoms with Crippen LogP contribution < -0.4 is 10.6 Å². The van der Waals surface area contributed by atoms with E-state index in [1.54, 1.807) is 0 Å². The van der Waals surface area contributed by atoms with Gasteiger partial charge in [0.2, 0.25) is 0 Å². The molecule has 0 amide bonds. The number of aryl methyl sites for hydroxylation is 1. The van der Waals surface area contributed by atoms with E-state index >= 15 is 0 Å². The van der Waals surface area contributed by atoms with Gasteiger partial charge < -0.3 is 10.6 Å². The fraction of sp³-hybridized carbons (Fsp3) is 0.556. The van der Waals surface area contributed by atoms with Crippen molar-refractivity contribution in [2.45, 2.75) is 44.4 Å². The van der Waals surface area contributed by atoms with Crippen molar-refractivity contribution in [1.82, 2.24) is 10.6 Å². The van der Waals surface area contributed by atoms with E-state index in [2.05, 4.69) is 41.5 Å². The van der Waals surface area contributed by atoms with E-state index < -0.39 is 0 Å². The molecule has 0 unspecified atom stereocenters. The number of unbranched alkanes of at least 4 members (excludes halogenated alkanes) is 1. The zero-order valence-corrected chi connectivity index (χ0v) is 12.8. The summed E-state index contributed by atoms with van der Waals surface area (Å²) in [5, 5.41) is 6.54. The smallest absolute Gasteiger partial charge is 0.00310 e. The molecule has 2 heteroatoms. The van der Waals surface area contributed by atoms with Crippen molar-refractivity contribution in [3.8, 4) is 0 Å². The summed E-state index contributed by atoms with van der Waals surface area (Å²) in [5.74, 6) is 0.768. The first kappa shape index (κ1) is 15.1. The van der Waals surface area contributed by atoms with Crippen LogP contribution in [0.15, 0.2) is 36.5 Å². The first-order valence-corrected chi connectivity index (χ1v) is 7.94. The standard InChI is InChI=1S/C18H28N2/c1-15(19-2)5-3-4-6-16-7-9-17(10-8-16)18-11-13-20-14-12-18/h7-10,18-20H,1,3-6,11-14H2,2H3. The highest BCUT2D eigenvalue weighted by Gasteiger charge is 2.14. The van der Waals surface area contributed by atoms with Gasteiger partial charge >= 0.3 is 0 Å². The molecule has 1 fully saturated rings. The van der Waals surface area contributed by atoms with Crippen molar-refractivity contribution in [2.75, 3.05) is 20.1 Å². The quantitative estimate of drug-likeness (QED) is 0.741. The zero-order valence-electron chi connectivity index (χ0n) is 12.8. The van der Waals surface area contributed by atoms with Crippen molar-refractivity contribution in [1.29, 1.82) is 0 Å². The van der Waals surface area contributed by atoms with Gasteiger partial charge in [-0.25, -0.2) is 0 Å². The molecule has 0 aromatic heterocycles. The van der Waals surface area contributed by atoms with Crippen LogP contribution in [0.4, 0.5) is 0 Å². The van der Waals surface area contributed by atoms with Gasteiger partial charge in [-0.1, -0.05) is 30.8 Å². The summed E-state index contributed by atoms with van der Waals surface area (Å²) in [4.78, 5) is 0. The Morgan fingerprint density at radius 3 is 2.55 bits per heavy atom. The third-order valence-electron chi connectivity index (χ3n) is 4.34. The van der Waals surface area contributed by atoms with E-state index in [1.165, 1.54) is 56.3 Å². The molecular weight excluding hydrogens is 244 g/mol. The molecule has 2 nitrogen and oxygen atoms in total. The van der Waals surface area contributed by atoms with Gasteiger partial charge in [0.1, 0.15) is 0 Å². The third kappa shape index (κ3) is 4.68. The average Bonchev–Trinajstić information content (AvgIpc) is 2.52. The Labute approximate surface area is 123 Å². The maximum Gasteiger partial charge on any atom is 0.00310 e. The lowest BCUT2D eigenvalue weighted by atomic mass is 9.89. The van der Waals surface area contributed by atoms with E-state index in [1.807, 2.05) is 7.05 Å². The monoisotopic (exact) mass is 272 g/mol. The summed E-state index contributed by atoms with van der Waals surface area (Å²) in [6.07, 6.45) is 7.30. The van der Waals surface area contributed by atoms with E-state index in [4.69, 9.17) is 0 Å². The Bertz CT molecular complexity index is 402. The molecule has 1 heterocycles. The molecule has 1 saturated heterocycles. The Morgan fingerprint density at radius 1 is 1.20 bits per heavy atom. The Kier molecular flexibility index (Phi) is 6.13. The normalized spacial score (nSPS) is 16.1. The van der Waals surface area contributed by atoms with Gasteiger partial charge in [0.05, 0.1) is 0 Å². The lowest BCUT2D eigenvalue weighted by Crippen LogP contribution is -2.26. The van der Waals surface area contributed by atoms with Crippen LogP contribution in [-0.4, -0.2) is 20.1 Å². The van der Waals surface area contributed by atoms with Crippen LogP contribution in [0, 0.1) is 0 Å². The number of nitrogens with one attached hydrogen (secondary N) is 2. The number of benzene rings is 1. The van der Waals surface area contributed by atoms with Gasteiger partial charge in [0.15, 0.2) is 0 Å². The highest BCUT2D eigenvalue weighted by molar-refractivity contribution is 5.26. The topological polar surface area (TPSA) is 24.1 Å². The van der Waals surface area contributed by atoms with E-state index in [0.717, 1.165) is 18.0 Å². The molecule has 1 aliphatic heterocycles. The van der Waals surface area contributed by atoms with Crippen LogP contribution in [0.2, 0.25) is 0 Å². The second-order valence-corrected chi connectivity index (χ2v) is 5.83. The van der Waals surface area contributed by atoms with Crippen molar-refractivity contribution in [3.63, 3.8) is 0 Å². The molecular formula is C18H28N2. The van der Waals surface area contributed by atoms with E-state index in [0.29, 0.717) is 0 Å². The van der Waals surface area contributed by atoms with E-state index in [9.17, 15) is 0 Å². The number of hydrogen-bond donors (Lipinski definition) is 2. The van der Waals surface area contributed by atoms with Crippen LogP contribution >= 0.6 is 0 Å². The fourth-order valence-electron chi connectivity index (χ4n) is 2.90. The number of rotatable bonds is 7. The van der Waals surface area contributed by atoms with Gasteiger partial charge in [-0.3, -0.25) is 0 Å².